The molecule has 1 saturated carbocycles. The van der Waals surface area contributed by atoms with E-state index in [1.54, 1.807) is 42.5 Å². The van der Waals surface area contributed by atoms with E-state index in [9.17, 15) is 22.4 Å². The number of carbonyl (C=O) groups excluding carboxylic acids is 2. The van der Waals surface area contributed by atoms with Gasteiger partial charge in [-0.05, 0) is 67.2 Å². The maximum atomic E-state index is 14.9. The zero-order valence-corrected chi connectivity index (χ0v) is 23.4. The van der Waals surface area contributed by atoms with Crippen LogP contribution in [0.5, 0.6) is 0 Å². The number of benzene rings is 2. The average molecular weight is 560 g/mol. The van der Waals surface area contributed by atoms with Crippen LogP contribution in [0.2, 0.25) is 0 Å². The number of hydrogen-bond acceptors (Lipinski definition) is 7. The molecular weight excluding hydrogens is 525 g/mol. The second kappa shape index (κ2) is 12.6. The van der Waals surface area contributed by atoms with Crippen LogP contribution in [0.1, 0.15) is 56.2 Å². The second-order valence-corrected chi connectivity index (χ2v) is 14.0. The van der Waals surface area contributed by atoms with Gasteiger partial charge in [-0.25, -0.2) is 17.6 Å². The highest BCUT2D eigenvalue weighted by molar-refractivity contribution is 8.72. The largest absolute Gasteiger partial charge is 0.463 e. The van der Waals surface area contributed by atoms with Crippen LogP contribution in [0.25, 0.3) is 0 Å². The summed E-state index contributed by atoms with van der Waals surface area (Å²) < 4.78 is 46.7. The Morgan fingerprint density at radius 2 is 1.84 bits per heavy atom. The Kier molecular flexibility index (Phi) is 9.44. The van der Waals surface area contributed by atoms with Gasteiger partial charge in [-0.3, -0.25) is 9.69 Å². The maximum Gasteiger partial charge on any atom is 0.330 e. The van der Waals surface area contributed by atoms with E-state index < -0.39 is 31.9 Å². The van der Waals surface area contributed by atoms with Gasteiger partial charge in [-0.15, -0.1) is 0 Å². The number of carbonyl (C=O) groups is 2. The van der Waals surface area contributed by atoms with Crippen molar-refractivity contribution in [1.29, 1.82) is 0 Å². The van der Waals surface area contributed by atoms with Crippen LogP contribution in [0.3, 0.4) is 0 Å². The minimum absolute atomic E-state index is 0.0293. The van der Waals surface area contributed by atoms with Gasteiger partial charge in [0.2, 0.25) is 8.87 Å². The van der Waals surface area contributed by atoms with Crippen molar-refractivity contribution in [2.75, 3.05) is 19.7 Å². The molecule has 1 saturated heterocycles. The lowest BCUT2D eigenvalue weighted by atomic mass is 9.93. The molecule has 0 amide bonds. The van der Waals surface area contributed by atoms with Gasteiger partial charge >= 0.3 is 5.97 Å². The van der Waals surface area contributed by atoms with Crippen LogP contribution in [0.15, 0.2) is 65.1 Å². The van der Waals surface area contributed by atoms with E-state index in [1.807, 2.05) is 18.7 Å². The highest BCUT2D eigenvalue weighted by Crippen LogP contribution is 2.42. The fourth-order valence-electron chi connectivity index (χ4n) is 4.59. The topological polar surface area (TPSA) is 80.8 Å². The number of nitrogens with zero attached hydrogens (tertiary/aromatic N) is 1. The molecule has 0 radical (unpaired) electrons. The SMILES string of the molecule is CCCCOC(=O)C=C1CN(C(C(=O)C2CC2)c2ccccc2F)CCC1SS(=O)(=O)c1ccc(C)cc1. The molecule has 2 aromatic carbocycles. The Morgan fingerprint density at radius 3 is 2.50 bits per heavy atom. The normalized spacial score (nSPS) is 20.3. The van der Waals surface area contributed by atoms with Gasteiger partial charge in [0.05, 0.1) is 17.5 Å². The van der Waals surface area contributed by atoms with Crippen molar-refractivity contribution in [3.05, 3.63) is 77.1 Å². The second-order valence-electron chi connectivity index (χ2n) is 9.95. The molecule has 0 bridgehead atoms. The molecule has 2 unspecified atom stereocenters. The van der Waals surface area contributed by atoms with E-state index in [0.717, 1.165) is 42.0 Å². The van der Waals surface area contributed by atoms with Crippen molar-refractivity contribution in [3.8, 4) is 0 Å². The first-order chi connectivity index (χ1) is 18.2. The predicted molar refractivity (Wildman–Crippen MR) is 147 cm³/mol. The van der Waals surface area contributed by atoms with Crippen LogP contribution < -0.4 is 0 Å². The lowest BCUT2D eigenvalue weighted by Crippen LogP contribution is -2.43. The van der Waals surface area contributed by atoms with Gasteiger partial charge in [-0.2, -0.15) is 0 Å². The first-order valence-corrected chi connectivity index (χ1v) is 16.0. The molecule has 2 fully saturated rings. The summed E-state index contributed by atoms with van der Waals surface area (Å²) in [6, 6.07) is 12.2. The maximum absolute atomic E-state index is 14.9. The molecule has 1 aliphatic heterocycles. The molecule has 38 heavy (non-hydrogen) atoms. The van der Waals surface area contributed by atoms with E-state index >= 15 is 0 Å². The highest BCUT2D eigenvalue weighted by atomic mass is 33.1. The van der Waals surface area contributed by atoms with E-state index in [2.05, 4.69) is 0 Å². The fraction of sp³-hybridized carbons (Fsp3) is 0.448. The molecule has 1 heterocycles. The summed E-state index contributed by atoms with van der Waals surface area (Å²) in [6.07, 6.45) is 4.93. The minimum Gasteiger partial charge on any atom is -0.463 e. The number of rotatable bonds is 11. The number of piperidine rings is 1. The molecule has 1 aliphatic carbocycles. The van der Waals surface area contributed by atoms with E-state index in [0.29, 0.717) is 24.1 Å². The molecule has 0 aromatic heterocycles. The predicted octanol–water partition coefficient (Wildman–Crippen LogP) is 5.62. The Balaban J connectivity index is 1.62. The standard InChI is InChI=1S/C29H34FNO5S2/c1-3-4-17-36-27(32)18-22-19-31(28(29(33)21-11-12-21)24-7-5-6-8-25(24)30)16-15-26(22)37-38(34,35)23-13-9-20(2)10-14-23/h5-10,13-14,18,21,26,28H,3-4,11-12,15-17,19H2,1-2H3. The summed E-state index contributed by atoms with van der Waals surface area (Å²) in [4.78, 5) is 28.1. The number of hydrogen-bond donors (Lipinski definition) is 0. The van der Waals surface area contributed by atoms with E-state index in [1.165, 1.54) is 12.1 Å². The fourth-order valence-corrected chi connectivity index (χ4v) is 8.19. The first kappa shape index (κ1) is 28.5. The van der Waals surface area contributed by atoms with Crippen LogP contribution in [0.4, 0.5) is 4.39 Å². The third-order valence-corrected chi connectivity index (χ3v) is 10.8. The molecule has 2 aromatic rings. The van der Waals surface area contributed by atoms with Crippen LogP contribution in [0, 0.1) is 18.7 Å². The number of ether oxygens (including phenoxy) is 1. The number of likely N-dealkylation sites (tertiary alicyclic amines) is 1. The van der Waals surface area contributed by atoms with Crippen molar-refractivity contribution in [2.24, 2.45) is 5.92 Å². The first-order valence-electron chi connectivity index (χ1n) is 13.1. The van der Waals surface area contributed by atoms with E-state index in [4.69, 9.17) is 4.74 Å². The summed E-state index contributed by atoms with van der Waals surface area (Å²) in [5.41, 5.74) is 1.83. The average Bonchev–Trinajstić information content (AvgIpc) is 3.73. The van der Waals surface area contributed by atoms with Gasteiger partial charge in [0.1, 0.15) is 5.82 Å². The Morgan fingerprint density at radius 1 is 1.13 bits per heavy atom. The zero-order valence-electron chi connectivity index (χ0n) is 21.8. The van der Waals surface area contributed by atoms with Gasteiger partial charge in [0, 0.05) is 35.9 Å². The molecule has 4 rings (SSSR count). The van der Waals surface area contributed by atoms with Crippen LogP contribution in [-0.4, -0.2) is 50.0 Å². The summed E-state index contributed by atoms with van der Waals surface area (Å²) in [5.74, 6) is -1.11. The number of esters is 1. The van der Waals surface area contributed by atoms with Crippen molar-refractivity contribution in [2.45, 2.75) is 62.1 Å². The molecule has 0 spiro atoms. The monoisotopic (exact) mass is 559 g/mol. The number of Topliss-reactive ketones (excluding diaryl/α,β-unsaturated/α-hetero) is 1. The molecule has 0 N–H and O–H groups in total. The van der Waals surface area contributed by atoms with Crippen molar-refractivity contribution in [3.63, 3.8) is 0 Å². The molecule has 9 heteroatoms. The molecule has 2 atom stereocenters. The molecular formula is C29H34FNO5S2. The minimum atomic E-state index is -3.70. The van der Waals surface area contributed by atoms with Gasteiger partial charge < -0.3 is 4.74 Å². The summed E-state index contributed by atoms with van der Waals surface area (Å²) >= 11 is 0. The molecule has 6 nitrogen and oxygen atoms in total. The zero-order chi connectivity index (χ0) is 27.3. The van der Waals surface area contributed by atoms with E-state index in [-0.39, 0.29) is 29.7 Å². The Hall–Kier alpha value is -2.49. The Labute approximate surface area is 228 Å². The number of aryl methyl sites for hydroxylation is 1. The summed E-state index contributed by atoms with van der Waals surface area (Å²) in [7, 11) is -2.89. The van der Waals surface area contributed by atoms with Crippen molar-refractivity contribution < 1.29 is 27.1 Å². The molecule has 204 valence electrons. The lowest BCUT2D eigenvalue weighted by Gasteiger charge is -2.38. The summed E-state index contributed by atoms with van der Waals surface area (Å²) in [6.45, 7) is 4.72. The third-order valence-electron chi connectivity index (χ3n) is 6.89. The van der Waals surface area contributed by atoms with Crippen molar-refractivity contribution >= 4 is 31.4 Å². The van der Waals surface area contributed by atoms with Crippen LogP contribution in [-0.2, 0) is 23.2 Å². The Bertz CT molecular complexity index is 1290. The molecule has 2 aliphatic rings. The number of halogens is 1. The number of ketones is 1. The van der Waals surface area contributed by atoms with Gasteiger partial charge in [-0.1, -0.05) is 49.2 Å². The third kappa shape index (κ3) is 7.12. The summed E-state index contributed by atoms with van der Waals surface area (Å²) in [5, 5.41) is -0.506. The smallest absolute Gasteiger partial charge is 0.330 e. The van der Waals surface area contributed by atoms with Crippen LogP contribution >= 0.6 is 10.8 Å². The van der Waals surface area contributed by atoms with Gasteiger partial charge in [0.15, 0.2) is 5.78 Å². The lowest BCUT2D eigenvalue weighted by molar-refractivity contribution is -0.137. The number of unbranched alkanes of at least 4 members (excludes halogenated alkanes) is 1. The quantitative estimate of drug-likeness (QED) is 0.153. The highest BCUT2D eigenvalue weighted by Gasteiger charge is 2.42. The van der Waals surface area contributed by atoms with Crippen molar-refractivity contribution in [1.82, 2.24) is 4.90 Å². The van der Waals surface area contributed by atoms with Gasteiger partial charge in [0.25, 0.3) is 0 Å².